The summed E-state index contributed by atoms with van der Waals surface area (Å²) < 4.78 is 0. The zero-order valence-corrected chi connectivity index (χ0v) is 21.4. The summed E-state index contributed by atoms with van der Waals surface area (Å²) in [6.45, 7) is 11.3. The third kappa shape index (κ3) is 29.6. The second-order valence-electron chi connectivity index (χ2n) is 9.29. The third-order valence-corrected chi connectivity index (χ3v) is 5.79. The number of hydrogen-bond donors (Lipinski definition) is 2. The molecular weight excluding hydrogens is 370 g/mol. The number of nitrogens with one attached hydrogen (secondary N) is 1. The van der Waals surface area contributed by atoms with E-state index in [0.717, 1.165) is 12.8 Å². The molecule has 182 valence electrons. The molecule has 0 heterocycles. The fourth-order valence-corrected chi connectivity index (χ4v) is 3.80. The first-order valence-electron chi connectivity index (χ1n) is 13.5. The van der Waals surface area contributed by atoms with Crippen molar-refractivity contribution in [1.82, 2.24) is 5.32 Å². The largest absolute Gasteiger partial charge is 0.481 e. The van der Waals surface area contributed by atoms with Crippen LogP contribution >= 0.6 is 0 Å². The van der Waals surface area contributed by atoms with Crippen LogP contribution in [0.5, 0.6) is 0 Å². The highest BCUT2D eigenvalue weighted by molar-refractivity contribution is 5.66. The number of rotatable bonds is 21. The van der Waals surface area contributed by atoms with Crippen molar-refractivity contribution in [1.29, 1.82) is 0 Å². The Hall–Kier alpha value is -0.570. The van der Waals surface area contributed by atoms with Gasteiger partial charge in [-0.15, -0.1) is 0 Å². The highest BCUT2D eigenvalue weighted by Crippen LogP contribution is 2.12. The Morgan fingerprint density at radius 1 is 0.600 bits per heavy atom. The van der Waals surface area contributed by atoms with E-state index < -0.39 is 5.97 Å². The van der Waals surface area contributed by atoms with Crippen LogP contribution in [0.25, 0.3) is 0 Å². The maximum Gasteiger partial charge on any atom is 0.303 e. The number of hydrogen-bond acceptors (Lipinski definition) is 2. The quantitative estimate of drug-likeness (QED) is 0.180. The predicted octanol–water partition coefficient (Wildman–Crippen LogP) is 8.90. The first-order valence-corrected chi connectivity index (χ1v) is 13.5. The maximum atomic E-state index is 9.76. The van der Waals surface area contributed by atoms with Crippen LogP contribution in [0.4, 0.5) is 0 Å². The molecule has 0 amide bonds. The van der Waals surface area contributed by atoms with Gasteiger partial charge >= 0.3 is 5.97 Å². The van der Waals surface area contributed by atoms with Crippen molar-refractivity contribution in [2.24, 2.45) is 0 Å². The Morgan fingerprint density at radius 2 is 0.933 bits per heavy atom. The molecule has 0 radical (unpaired) electrons. The van der Waals surface area contributed by atoms with Gasteiger partial charge in [0.1, 0.15) is 0 Å². The van der Waals surface area contributed by atoms with E-state index >= 15 is 0 Å². The summed E-state index contributed by atoms with van der Waals surface area (Å²) in [6.07, 6.45) is 24.7. The average Bonchev–Trinajstić information content (AvgIpc) is 2.71. The van der Waals surface area contributed by atoms with Crippen LogP contribution in [0.15, 0.2) is 0 Å². The van der Waals surface area contributed by atoms with Gasteiger partial charge in [-0.1, -0.05) is 117 Å². The Morgan fingerprint density at radius 3 is 1.23 bits per heavy atom. The number of unbranched alkanes of at least 4 members (excludes halogenated alkanes) is 13. The third-order valence-electron chi connectivity index (χ3n) is 5.79. The van der Waals surface area contributed by atoms with E-state index in [1.807, 2.05) is 6.92 Å². The van der Waals surface area contributed by atoms with Crippen LogP contribution in [0.2, 0.25) is 0 Å². The van der Waals surface area contributed by atoms with E-state index in [4.69, 9.17) is 5.11 Å². The van der Waals surface area contributed by atoms with Gasteiger partial charge in [0.25, 0.3) is 0 Å². The predicted molar refractivity (Wildman–Crippen MR) is 134 cm³/mol. The van der Waals surface area contributed by atoms with Gasteiger partial charge in [-0.05, 0) is 33.1 Å². The molecule has 2 N–H and O–H groups in total. The van der Waals surface area contributed by atoms with E-state index in [2.05, 4.69) is 33.0 Å². The summed E-state index contributed by atoms with van der Waals surface area (Å²) in [6, 6.07) is 1.40. The Kier molecular flexibility index (Phi) is 27.9. The first-order chi connectivity index (χ1) is 14.5. The average molecular weight is 428 g/mol. The molecule has 0 aromatic heterocycles. The number of carboxylic acid groups (broad SMARTS) is 1. The Bertz CT molecular complexity index is 311. The lowest BCUT2D eigenvalue weighted by molar-refractivity contribution is -0.137. The molecule has 3 nitrogen and oxygen atoms in total. The topological polar surface area (TPSA) is 49.3 Å². The minimum absolute atomic E-state index is 0.316. The number of aliphatic carboxylic acids is 1. The lowest BCUT2D eigenvalue weighted by Gasteiger charge is -2.20. The summed E-state index contributed by atoms with van der Waals surface area (Å²) in [7, 11) is 0. The van der Waals surface area contributed by atoms with Crippen molar-refractivity contribution in [2.45, 2.75) is 169 Å². The van der Waals surface area contributed by atoms with E-state index in [0.29, 0.717) is 18.5 Å². The minimum Gasteiger partial charge on any atom is -0.481 e. The summed E-state index contributed by atoms with van der Waals surface area (Å²) in [4.78, 5) is 9.76. The highest BCUT2D eigenvalue weighted by atomic mass is 16.4. The minimum atomic E-state index is -0.693. The molecule has 30 heavy (non-hydrogen) atoms. The molecular formula is C27H57NO2. The molecule has 0 aromatic carbocycles. The van der Waals surface area contributed by atoms with Crippen LogP contribution < -0.4 is 5.32 Å². The van der Waals surface area contributed by atoms with Crippen LogP contribution in [0.1, 0.15) is 157 Å². The first kappa shape index (κ1) is 31.6. The molecule has 0 saturated carbocycles. The van der Waals surface area contributed by atoms with Gasteiger partial charge in [-0.2, -0.15) is 0 Å². The summed E-state index contributed by atoms with van der Waals surface area (Å²) in [5, 5.41) is 11.8. The van der Waals surface area contributed by atoms with E-state index in [-0.39, 0.29) is 0 Å². The molecule has 0 spiro atoms. The summed E-state index contributed by atoms with van der Waals surface area (Å²) in [5.74, 6) is -0.693. The van der Waals surface area contributed by atoms with Gasteiger partial charge in [0, 0.05) is 18.5 Å². The second kappa shape index (κ2) is 26.5. The molecule has 3 heteroatoms. The van der Waals surface area contributed by atoms with Gasteiger partial charge in [0.15, 0.2) is 0 Å². The van der Waals surface area contributed by atoms with Gasteiger partial charge in [0.2, 0.25) is 0 Å². The van der Waals surface area contributed by atoms with E-state index in [9.17, 15) is 4.79 Å². The second-order valence-corrected chi connectivity index (χ2v) is 9.29. The van der Waals surface area contributed by atoms with Crippen molar-refractivity contribution in [3.8, 4) is 0 Å². The Labute approximate surface area is 190 Å². The van der Waals surface area contributed by atoms with Crippen LogP contribution in [-0.4, -0.2) is 23.2 Å². The van der Waals surface area contributed by atoms with Gasteiger partial charge in [-0.25, -0.2) is 0 Å². The van der Waals surface area contributed by atoms with Crippen molar-refractivity contribution >= 4 is 5.97 Å². The molecule has 0 aromatic rings. The van der Waals surface area contributed by atoms with E-state index in [1.54, 1.807) is 0 Å². The van der Waals surface area contributed by atoms with Gasteiger partial charge in [-0.3, -0.25) is 4.79 Å². The van der Waals surface area contributed by atoms with Crippen LogP contribution in [0, 0.1) is 0 Å². The SMILES string of the molecule is CCCCC(=O)O.CCCCCCCCCC(C)NC(C)CCCCCCCCC. The molecule has 0 rings (SSSR count). The standard InChI is InChI=1S/C22H47N.C5H10O2/c1-5-7-9-11-13-15-17-19-21(3)23-22(4)20-18-16-14-12-10-8-6-2;1-2-3-4-5(6)7/h21-23H,5-20H2,1-4H3;2-4H2,1H3,(H,6,7). The Balaban J connectivity index is 0. The highest BCUT2D eigenvalue weighted by Gasteiger charge is 2.07. The van der Waals surface area contributed by atoms with Crippen LogP contribution in [-0.2, 0) is 4.79 Å². The maximum absolute atomic E-state index is 9.76. The molecule has 0 aliphatic rings. The number of carboxylic acids is 1. The fraction of sp³-hybridized carbons (Fsp3) is 0.963. The number of carbonyl (C=O) groups is 1. The summed E-state index contributed by atoms with van der Waals surface area (Å²) in [5.41, 5.74) is 0. The fourth-order valence-electron chi connectivity index (χ4n) is 3.80. The normalized spacial score (nSPS) is 12.8. The van der Waals surface area contributed by atoms with Crippen molar-refractivity contribution in [3.05, 3.63) is 0 Å². The zero-order chi connectivity index (χ0) is 22.9. The van der Waals surface area contributed by atoms with Gasteiger partial charge < -0.3 is 10.4 Å². The molecule has 2 atom stereocenters. The lowest BCUT2D eigenvalue weighted by Crippen LogP contribution is -2.34. The zero-order valence-electron chi connectivity index (χ0n) is 21.4. The molecule has 0 bridgehead atoms. The monoisotopic (exact) mass is 427 g/mol. The molecule has 0 aliphatic carbocycles. The molecule has 0 fully saturated rings. The van der Waals surface area contributed by atoms with E-state index in [1.165, 1.54) is 103 Å². The van der Waals surface area contributed by atoms with Gasteiger partial charge in [0.05, 0.1) is 0 Å². The summed E-state index contributed by atoms with van der Waals surface area (Å²) >= 11 is 0. The molecule has 0 saturated heterocycles. The van der Waals surface area contributed by atoms with Crippen molar-refractivity contribution in [3.63, 3.8) is 0 Å². The lowest BCUT2D eigenvalue weighted by atomic mass is 10.0. The molecule has 2 unspecified atom stereocenters. The van der Waals surface area contributed by atoms with Crippen molar-refractivity contribution in [2.75, 3.05) is 0 Å². The molecule has 0 aliphatic heterocycles. The van der Waals surface area contributed by atoms with Crippen LogP contribution in [0.3, 0.4) is 0 Å². The van der Waals surface area contributed by atoms with Crippen molar-refractivity contribution < 1.29 is 9.90 Å². The smallest absolute Gasteiger partial charge is 0.303 e.